The van der Waals surface area contributed by atoms with Crippen molar-refractivity contribution in [2.75, 3.05) is 19.7 Å². The van der Waals surface area contributed by atoms with Crippen LogP contribution in [-0.2, 0) is 0 Å². The van der Waals surface area contributed by atoms with Crippen molar-refractivity contribution in [3.63, 3.8) is 0 Å². The molecule has 2 aromatic rings. The number of carbonyl (C=O) groups excluding carboxylic acids is 1. The summed E-state index contributed by atoms with van der Waals surface area (Å²) in [6, 6.07) is 6.57. The summed E-state index contributed by atoms with van der Waals surface area (Å²) in [5.41, 5.74) is 1.07. The molecule has 2 atom stereocenters. The zero-order valence-corrected chi connectivity index (χ0v) is 15.8. The van der Waals surface area contributed by atoms with E-state index in [9.17, 15) is 9.18 Å². The number of nitrogens with zero attached hydrogens (tertiary/aromatic N) is 2. The van der Waals surface area contributed by atoms with Gasteiger partial charge < -0.3 is 15.4 Å². The van der Waals surface area contributed by atoms with Gasteiger partial charge in [-0.25, -0.2) is 4.39 Å². The van der Waals surface area contributed by atoms with Crippen molar-refractivity contribution in [3.8, 4) is 5.75 Å². The van der Waals surface area contributed by atoms with Gasteiger partial charge in [-0.2, -0.15) is 5.10 Å². The van der Waals surface area contributed by atoms with Gasteiger partial charge in [0.05, 0.1) is 18.7 Å². The molecule has 1 aromatic heterocycles. The number of hydrogen-bond acceptors (Lipinski definition) is 4. The standard InChI is InChI=1S/C19H23FN4O2.ClH/c20-15-6-1-5-14-16(7-3-11-26-18(14)15)22-19(25)17-8-10-24(23-17)13-4-2-9-21-12-13;/h1,5-6,8,10,13,16,21H,2-4,7,9,11-12H2,(H,22,25);1H. The highest BCUT2D eigenvalue weighted by Crippen LogP contribution is 2.33. The van der Waals surface area contributed by atoms with Crippen LogP contribution >= 0.6 is 12.4 Å². The van der Waals surface area contributed by atoms with Gasteiger partial charge in [0.15, 0.2) is 11.6 Å². The molecule has 2 N–H and O–H groups in total. The summed E-state index contributed by atoms with van der Waals surface area (Å²) in [5, 5.41) is 10.8. The Bertz CT molecular complexity index is 792. The quantitative estimate of drug-likeness (QED) is 0.839. The first-order chi connectivity index (χ1) is 12.7. The summed E-state index contributed by atoms with van der Waals surface area (Å²) in [6.45, 7) is 2.35. The minimum Gasteiger partial charge on any atom is -0.490 e. The normalized spacial score (nSPS) is 22.0. The second-order valence-corrected chi connectivity index (χ2v) is 6.86. The Labute approximate surface area is 163 Å². The molecule has 1 saturated heterocycles. The number of piperidine rings is 1. The molecule has 0 aliphatic carbocycles. The van der Waals surface area contributed by atoms with Gasteiger partial charge in [0.1, 0.15) is 5.69 Å². The van der Waals surface area contributed by atoms with Crippen LogP contribution in [0.3, 0.4) is 0 Å². The van der Waals surface area contributed by atoms with Gasteiger partial charge in [0.2, 0.25) is 0 Å². The molecule has 0 saturated carbocycles. The van der Waals surface area contributed by atoms with Crippen molar-refractivity contribution in [2.24, 2.45) is 0 Å². The highest BCUT2D eigenvalue weighted by Gasteiger charge is 2.25. The lowest BCUT2D eigenvalue weighted by Gasteiger charge is -2.23. The summed E-state index contributed by atoms with van der Waals surface area (Å²) < 4.78 is 21.4. The van der Waals surface area contributed by atoms with Crippen LogP contribution in [0.4, 0.5) is 4.39 Å². The molecule has 8 heteroatoms. The van der Waals surface area contributed by atoms with E-state index < -0.39 is 5.82 Å². The number of carbonyl (C=O) groups is 1. The Morgan fingerprint density at radius 1 is 1.30 bits per heavy atom. The van der Waals surface area contributed by atoms with Gasteiger partial charge >= 0.3 is 0 Å². The fourth-order valence-electron chi connectivity index (χ4n) is 3.67. The van der Waals surface area contributed by atoms with E-state index in [1.165, 1.54) is 6.07 Å². The molecule has 3 heterocycles. The van der Waals surface area contributed by atoms with Crippen LogP contribution in [0.15, 0.2) is 30.5 Å². The Morgan fingerprint density at radius 3 is 3.00 bits per heavy atom. The van der Waals surface area contributed by atoms with Gasteiger partial charge in [0, 0.05) is 18.3 Å². The lowest BCUT2D eigenvalue weighted by atomic mass is 10.0. The monoisotopic (exact) mass is 394 g/mol. The zero-order valence-electron chi connectivity index (χ0n) is 15.0. The van der Waals surface area contributed by atoms with Gasteiger partial charge in [0.25, 0.3) is 5.91 Å². The number of fused-ring (bicyclic) bond motifs is 1. The third-order valence-corrected chi connectivity index (χ3v) is 5.05. The SMILES string of the molecule is Cl.O=C(NC1CCCOc2c(F)cccc21)c1ccn(C2CCCNC2)n1. The molecule has 1 fully saturated rings. The average Bonchev–Trinajstić information content (AvgIpc) is 3.07. The van der Waals surface area contributed by atoms with Crippen LogP contribution < -0.4 is 15.4 Å². The van der Waals surface area contributed by atoms with Crippen LogP contribution in [-0.4, -0.2) is 35.4 Å². The second kappa shape index (κ2) is 8.71. The number of para-hydroxylation sites is 1. The molecule has 1 aromatic carbocycles. The molecular formula is C19H24ClFN4O2. The molecule has 2 aliphatic heterocycles. The first-order valence-corrected chi connectivity index (χ1v) is 9.20. The molecule has 146 valence electrons. The predicted octanol–water partition coefficient (Wildman–Crippen LogP) is 3.01. The van der Waals surface area contributed by atoms with Gasteiger partial charge in [-0.1, -0.05) is 12.1 Å². The number of amides is 1. The number of benzene rings is 1. The highest BCUT2D eigenvalue weighted by molar-refractivity contribution is 5.92. The van der Waals surface area contributed by atoms with Gasteiger partial charge in [-0.05, 0) is 44.4 Å². The van der Waals surface area contributed by atoms with E-state index in [0.717, 1.165) is 32.4 Å². The van der Waals surface area contributed by atoms with E-state index in [1.54, 1.807) is 18.2 Å². The topological polar surface area (TPSA) is 68.2 Å². The first kappa shape index (κ1) is 19.6. The molecule has 4 rings (SSSR count). The van der Waals surface area contributed by atoms with Crippen LogP contribution in [0, 0.1) is 5.82 Å². The molecule has 2 unspecified atom stereocenters. The van der Waals surface area contributed by atoms with E-state index in [0.29, 0.717) is 24.3 Å². The Hall–Kier alpha value is -2.12. The van der Waals surface area contributed by atoms with Crippen molar-refractivity contribution < 1.29 is 13.9 Å². The number of ether oxygens (including phenoxy) is 1. The van der Waals surface area contributed by atoms with Gasteiger partial charge in [-0.15, -0.1) is 12.4 Å². The van der Waals surface area contributed by atoms with Crippen molar-refractivity contribution in [2.45, 2.75) is 37.8 Å². The summed E-state index contributed by atoms with van der Waals surface area (Å²) in [6.07, 6.45) is 5.48. The van der Waals surface area contributed by atoms with E-state index in [-0.39, 0.29) is 36.1 Å². The van der Waals surface area contributed by atoms with Gasteiger partial charge in [-0.3, -0.25) is 9.48 Å². The van der Waals surface area contributed by atoms with Crippen molar-refractivity contribution in [3.05, 3.63) is 47.5 Å². The maximum atomic E-state index is 14.0. The van der Waals surface area contributed by atoms with E-state index in [4.69, 9.17) is 4.74 Å². The molecule has 1 amide bonds. The number of rotatable bonds is 3. The molecule has 2 aliphatic rings. The van der Waals surface area contributed by atoms with Crippen molar-refractivity contribution >= 4 is 18.3 Å². The lowest BCUT2D eigenvalue weighted by Crippen LogP contribution is -2.32. The minimum atomic E-state index is -0.391. The second-order valence-electron chi connectivity index (χ2n) is 6.86. The van der Waals surface area contributed by atoms with E-state index >= 15 is 0 Å². The summed E-state index contributed by atoms with van der Waals surface area (Å²) in [7, 11) is 0. The number of aromatic nitrogens is 2. The Kier molecular flexibility index (Phi) is 6.34. The maximum Gasteiger partial charge on any atom is 0.272 e. The molecule has 0 spiro atoms. The lowest BCUT2D eigenvalue weighted by molar-refractivity contribution is 0.0928. The molecule has 6 nitrogen and oxygen atoms in total. The number of hydrogen-bond donors (Lipinski definition) is 2. The molecule has 0 radical (unpaired) electrons. The molecule has 27 heavy (non-hydrogen) atoms. The van der Waals surface area contributed by atoms with Crippen molar-refractivity contribution in [1.82, 2.24) is 20.4 Å². The van der Waals surface area contributed by atoms with Crippen molar-refractivity contribution in [1.29, 1.82) is 0 Å². The molecule has 0 bridgehead atoms. The third-order valence-electron chi connectivity index (χ3n) is 5.05. The largest absolute Gasteiger partial charge is 0.490 e. The summed E-state index contributed by atoms with van der Waals surface area (Å²) in [4.78, 5) is 12.7. The smallest absolute Gasteiger partial charge is 0.272 e. The van der Waals surface area contributed by atoms with E-state index in [1.807, 2.05) is 10.9 Å². The first-order valence-electron chi connectivity index (χ1n) is 9.20. The van der Waals surface area contributed by atoms with E-state index in [2.05, 4.69) is 15.7 Å². The third kappa shape index (κ3) is 4.25. The highest BCUT2D eigenvalue weighted by atomic mass is 35.5. The number of nitrogens with one attached hydrogen (secondary N) is 2. The van der Waals surface area contributed by atoms with Crippen LogP contribution in [0.2, 0.25) is 0 Å². The minimum absolute atomic E-state index is 0. The number of halogens is 2. The predicted molar refractivity (Wildman–Crippen MR) is 102 cm³/mol. The fourth-order valence-corrected chi connectivity index (χ4v) is 3.67. The molecular weight excluding hydrogens is 371 g/mol. The maximum absolute atomic E-state index is 14.0. The Morgan fingerprint density at radius 2 is 2.19 bits per heavy atom. The van der Waals surface area contributed by atoms with Crippen LogP contribution in [0.1, 0.15) is 53.8 Å². The Balaban J connectivity index is 0.00000210. The van der Waals surface area contributed by atoms with Crippen LogP contribution in [0.25, 0.3) is 0 Å². The summed E-state index contributed by atoms with van der Waals surface area (Å²) in [5.74, 6) is -0.388. The fraction of sp³-hybridized carbons (Fsp3) is 0.474. The summed E-state index contributed by atoms with van der Waals surface area (Å²) >= 11 is 0. The average molecular weight is 395 g/mol. The van der Waals surface area contributed by atoms with Crippen LogP contribution in [0.5, 0.6) is 5.75 Å². The zero-order chi connectivity index (χ0) is 17.9.